The van der Waals surface area contributed by atoms with Gasteiger partial charge in [0.2, 0.25) is 0 Å². The number of carboxylic acids is 1. The van der Waals surface area contributed by atoms with Crippen molar-refractivity contribution in [3.05, 3.63) is 35.5 Å². The van der Waals surface area contributed by atoms with Crippen molar-refractivity contribution in [1.82, 2.24) is 0 Å². The van der Waals surface area contributed by atoms with Crippen molar-refractivity contribution < 1.29 is 38.5 Å². The Morgan fingerprint density at radius 2 is 1.94 bits per heavy atom. The lowest BCUT2D eigenvalue weighted by Crippen LogP contribution is -2.65. The van der Waals surface area contributed by atoms with E-state index >= 15 is 0 Å². The number of carbonyl (C=O) groups excluding carboxylic acids is 3. The predicted octanol–water partition coefficient (Wildman–Crippen LogP) is 3.65. The number of aliphatic carboxylic acids is 1. The van der Waals surface area contributed by atoms with E-state index < -0.39 is 40.5 Å². The highest BCUT2D eigenvalue weighted by atomic mass is 16.6. The van der Waals surface area contributed by atoms with Crippen LogP contribution in [0.2, 0.25) is 0 Å². The fraction of sp³-hybridized carbons (Fsp3) is 0.600. The van der Waals surface area contributed by atoms with Gasteiger partial charge in [0.15, 0.2) is 0 Å². The fourth-order valence-electron chi connectivity index (χ4n) is 5.61. The van der Waals surface area contributed by atoms with Crippen LogP contribution in [-0.4, -0.2) is 46.3 Å². The van der Waals surface area contributed by atoms with Gasteiger partial charge in [0.05, 0.1) is 6.10 Å². The number of cyclic esters (lactones) is 1. The highest BCUT2D eigenvalue weighted by Gasteiger charge is 2.74. The molecule has 3 rings (SSSR count). The Bertz CT molecular complexity index is 957. The molecule has 0 amide bonds. The summed E-state index contributed by atoms with van der Waals surface area (Å²) in [5, 5.41) is 9.09. The number of rotatable bonds is 6. The molecule has 0 spiro atoms. The zero-order chi connectivity index (χ0) is 24.6. The van der Waals surface area contributed by atoms with E-state index in [-0.39, 0.29) is 24.0 Å². The van der Waals surface area contributed by atoms with Crippen molar-refractivity contribution in [2.24, 2.45) is 11.3 Å². The number of hydrogen-bond donors (Lipinski definition) is 1. The standard InChI is InChI=1S/C25H32O8/c1-15(2)31-21(29)18-8-12-24-13-10-19(25(24,14-9-18)32-17(4)26)23(5,33-22(24)30)11-6-7-16(3)20(27)28/h6-8,11,15,19H,9-10,12-14H2,1-5H3,(H,27,28)/b11-6+,16-7+/t19-,23+,24+,25-/m0/s1. The summed E-state index contributed by atoms with van der Waals surface area (Å²) in [5.41, 5.74) is -2.72. The second kappa shape index (κ2) is 8.80. The molecule has 1 saturated heterocycles. The van der Waals surface area contributed by atoms with Crippen molar-refractivity contribution >= 4 is 23.9 Å². The summed E-state index contributed by atoms with van der Waals surface area (Å²) in [6.45, 7) is 8.08. The van der Waals surface area contributed by atoms with Crippen LogP contribution in [0.25, 0.3) is 0 Å². The van der Waals surface area contributed by atoms with E-state index in [1.54, 1.807) is 39.0 Å². The maximum Gasteiger partial charge on any atom is 0.333 e. The number of hydrogen-bond acceptors (Lipinski definition) is 7. The number of allylic oxidation sites excluding steroid dienone is 3. The Balaban J connectivity index is 2.03. The van der Waals surface area contributed by atoms with E-state index in [9.17, 15) is 19.2 Å². The second-order valence-corrected chi connectivity index (χ2v) is 9.63. The average Bonchev–Trinajstić information content (AvgIpc) is 2.84. The number of esters is 3. The second-order valence-electron chi connectivity index (χ2n) is 9.63. The molecule has 0 aromatic rings. The first kappa shape index (κ1) is 24.7. The minimum absolute atomic E-state index is 0.138. The molecule has 3 aliphatic rings. The molecule has 8 heteroatoms. The predicted molar refractivity (Wildman–Crippen MR) is 118 cm³/mol. The van der Waals surface area contributed by atoms with Crippen LogP contribution in [0, 0.1) is 11.3 Å². The molecule has 1 heterocycles. The first-order valence-corrected chi connectivity index (χ1v) is 11.3. The van der Waals surface area contributed by atoms with Crippen LogP contribution >= 0.6 is 0 Å². The van der Waals surface area contributed by atoms with Crippen molar-refractivity contribution in [2.45, 2.75) is 84.0 Å². The molecule has 2 fully saturated rings. The molecule has 0 aromatic carbocycles. The largest absolute Gasteiger partial charge is 0.478 e. The molecule has 2 aliphatic carbocycles. The van der Waals surface area contributed by atoms with Gasteiger partial charge in [0, 0.05) is 24.0 Å². The SMILES string of the molecule is CC(=O)O[C@]12CCC(C(=O)OC(C)C)=CC[C@]13CC[C@H]2[C@@](C)(/C=C/C=C(\C)C(=O)O)OC3=O. The van der Waals surface area contributed by atoms with Gasteiger partial charge in [-0.2, -0.15) is 0 Å². The van der Waals surface area contributed by atoms with E-state index in [1.165, 1.54) is 19.9 Å². The normalized spacial score (nSPS) is 33.8. The van der Waals surface area contributed by atoms with Gasteiger partial charge < -0.3 is 19.3 Å². The molecule has 0 unspecified atom stereocenters. The first-order valence-electron chi connectivity index (χ1n) is 11.3. The van der Waals surface area contributed by atoms with Crippen LogP contribution in [0.3, 0.4) is 0 Å². The van der Waals surface area contributed by atoms with Crippen LogP contribution in [0.1, 0.15) is 66.7 Å². The summed E-state index contributed by atoms with van der Waals surface area (Å²) in [7, 11) is 0. The monoisotopic (exact) mass is 460 g/mol. The molecule has 0 aromatic heterocycles. The zero-order valence-electron chi connectivity index (χ0n) is 19.8. The maximum absolute atomic E-state index is 13.5. The third-order valence-corrected chi connectivity index (χ3v) is 7.13. The fourth-order valence-corrected chi connectivity index (χ4v) is 5.61. The molecule has 33 heavy (non-hydrogen) atoms. The Hall–Kier alpha value is -2.90. The molecule has 4 atom stereocenters. The van der Waals surface area contributed by atoms with Crippen molar-refractivity contribution in [3.8, 4) is 0 Å². The van der Waals surface area contributed by atoms with Crippen LogP contribution in [0.15, 0.2) is 35.5 Å². The van der Waals surface area contributed by atoms with Crippen molar-refractivity contribution in [3.63, 3.8) is 0 Å². The van der Waals surface area contributed by atoms with Gasteiger partial charge in [0.25, 0.3) is 0 Å². The molecule has 0 radical (unpaired) electrons. The van der Waals surface area contributed by atoms with Gasteiger partial charge in [-0.1, -0.05) is 18.2 Å². The smallest absolute Gasteiger partial charge is 0.333 e. The lowest BCUT2D eigenvalue weighted by Gasteiger charge is -2.54. The van der Waals surface area contributed by atoms with Gasteiger partial charge in [-0.15, -0.1) is 0 Å². The number of ether oxygens (including phenoxy) is 3. The molecular formula is C25H32O8. The van der Waals surface area contributed by atoms with Crippen LogP contribution in [0.5, 0.6) is 0 Å². The van der Waals surface area contributed by atoms with E-state index in [0.717, 1.165) is 0 Å². The summed E-state index contributed by atoms with van der Waals surface area (Å²) in [4.78, 5) is 49.5. The zero-order valence-corrected chi connectivity index (χ0v) is 19.8. The number of carboxylic acid groups (broad SMARTS) is 1. The van der Waals surface area contributed by atoms with E-state index in [2.05, 4.69) is 0 Å². The maximum atomic E-state index is 13.5. The third kappa shape index (κ3) is 4.23. The molecule has 1 N–H and O–H groups in total. The third-order valence-electron chi connectivity index (χ3n) is 7.13. The molecule has 1 saturated carbocycles. The topological polar surface area (TPSA) is 116 Å². The van der Waals surface area contributed by atoms with Gasteiger partial charge in [-0.3, -0.25) is 9.59 Å². The van der Waals surface area contributed by atoms with E-state index in [4.69, 9.17) is 19.3 Å². The summed E-state index contributed by atoms with van der Waals surface area (Å²) < 4.78 is 17.3. The van der Waals surface area contributed by atoms with Crippen molar-refractivity contribution in [2.75, 3.05) is 0 Å². The van der Waals surface area contributed by atoms with Crippen LogP contribution < -0.4 is 0 Å². The molecule has 2 bridgehead atoms. The molecule has 1 aliphatic heterocycles. The Labute approximate surface area is 193 Å². The highest BCUT2D eigenvalue weighted by molar-refractivity contribution is 5.90. The quantitative estimate of drug-likeness (QED) is 0.276. The molecule has 8 nitrogen and oxygen atoms in total. The van der Waals surface area contributed by atoms with Gasteiger partial charge in [-0.05, 0) is 65.9 Å². The van der Waals surface area contributed by atoms with E-state index in [1.807, 2.05) is 0 Å². The van der Waals surface area contributed by atoms with Crippen molar-refractivity contribution in [1.29, 1.82) is 0 Å². The Morgan fingerprint density at radius 1 is 1.24 bits per heavy atom. The number of carbonyl (C=O) groups is 4. The Kier molecular flexibility index (Phi) is 6.60. The Morgan fingerprint density at radius 3 is 2.55 bits per heavy atom. The minimum Gasteiger partial charge on any atom is -0.478 e. The van der Waals surface area contributed by atoms with Gasteiger partial charge in [0.1, 0.15) is 16.6 Å². The van der Waals surface area contributed by atoms with Gasteiger partial charge in [-0.25, -0.2) is 9.59 Å². The summed E-state index contributed by atoms with van der Waals surface area (Å²) in [6.07, 6.45) is 7.97. The average molecular weight is 461 g/mol. The summed E-state index contributed by atoms with van der Waals surface area (Å²) >= 11 is 0. The highest BCUT2D eigenvalue weighted by Crippen LogP contribution is 2.65. The lowest BCUT2D eigenvalue weighted by molar-refractivity contribution is -0.235. The summed E-state index contributed by atoms with van der Waals surface area (Å²) in [5.74, 6) is -2.80. The van der Waals surface area contributed by atoms with E-state index in [0.29, 0.717) is 31.3 Å². The molecular weight excluding hydrogens is 428 g/mol. The van der Waals surface area contributed by atoms with Crippen LogP contribution in [0.4, 0.5) is 0 Å². The first-order chi connectivity index (χ1) is 15.4. The minimum atomic E-state index is -1.14. The molecule has 180 valence electrons. The van der Waals surface area contributed by atoms with Crippen LogP contribution in [-0.2, 0) is 33.4 Å². The lowest BCUT2D eigenvalue weighted by atomic mass is 9.62. The van der Waals surface area contributed by atoms with Gasteiger partial charge >= 0.3 is 23.9 Å². The summed E-state index contributed by atoms with van der Waals surface area (Å²) in [6, 6.07) is 0.